The van der Waals surface area contributed by atoms with Crippen molar-refractivity contribution in [2.45, 2.75) is 26.2 Å². The number of anilines is 1. The number of hydrogen-bond donors (Lipinski definition) is 1. The number of methoxy groups -OCH3 is 3. The van der Waals surface area contributed by atoms with Crippen molar-refractivity contribution in [2.75, 3.05) is 26.6 Å². The fourth-order valence-electron chi connectivity index (χ4n) is 1.74. The summed E-state index contributed by atoms with van der Waals surface area (Å²) in [6.07, 6.45) is -0.267. The summed E-state index contributed by atoms with van der Waals surface area (Å²) in [7, 11) is 4.93. The van der Waals surface area contributed by atoms with Gasteiger partial charge in [0, 0.05) is 19.9 Å². The number of benzene rings is 1. The molecule has 1 atom stereocenters. The lowest BCUT2D eigenvalue weighted by atomic mass is 10.1. The molecule has 0 bridgehead atoms. The molecule has 1 rings (SSSR count). The van der Waals surface area contributed by atoms with Gasteiger partial charge in [-0.2, -0.15) is 0 Å². The molecular formula is C13H21NO3. The van der Waals surface area contributed by atoms with Crippen LogP contribution in [0.25, 0.3) is 0 Å². The van der Waals surface area contributed by atoms with E-state index in [0.717, 1.165) is 17.0 Å². The standard InChI is InChI=1S/C13H21NO3/c1-9-8-11(15-3)6-7-12(9)14-10(2)13(16-4)17-5/h6-8,10,13-14H,1-5H3. The van der Waals surface area contributed by atoms with Crippen molar-refractivity contribution < 1.29 is 14.2 Å². The highest BCUT2D eigenvalue weighted by Crippen LogP contribution is 2.22. The number of aryl methyl sites for hydroxylation is 1. The summed E-state index contributed by atoms with van der Waals surface area (Å²) in [4.78, 5) is 0. The van der Waals surface area contributed by atoms with Crippen LogP contribution in [-0.4, -0.2) is 33.7 Å². The van der Waals surface area contributed by atoms with Crippen LogP contribution in [0.5, 0.6) is 5.75 Å². The molecule has 1 aromatic rings. The fourth-order valence-corrected chi connectivity index (χ4v) is 1.74. The summed E-state index contributed by atoms with van der Waals surface area (Å²) < 4.78 is 15.6. The molecule has 0 aromatic heterocycles. The lowest BCUT2D eigenvalue weighted by molar-refractivity contribution is -0.109. The van der Waals surface area contributed by atoms with E-state index in [4.69, 9.17) is 14.2 Å². The van der Waals surface area contributed by atoms with E-state index in [2.05, 4.69) is 5.32 Å². The van der Waals surface area contributed by atoms with E-state index in [1.54, 1.807) is 21.3 Å². The lowest BCUT2D eigenvalue weighted by Crippen LogP contribution is -2.33. The van der Waals surface area contributed by atoms with Crippen molar-refractivity contribution in [2.24, 2.45) is 0 Å². The van der Waals surface area contributed by atoms with Crippen molar-refractivity contribution in [3.05, 3.63) is 23.8 Å². The minimum atomic E-state index is -0.267. The smallest absolute Gasteiger partial charge is 0.176 e. The number of hydrogen-bond acceptors (Lipinski definition) is 4. The summed E-state index contributed by atoms with van der Waals surface area (Å²) in [5.41, 5.74) is 2.18. The van der Waals surface area contributed by atoms with Gasteiger partial charge in [0.05, 0.1) is 13.2 Å². The third kappa shape index (κ3) is 3.61. The van der Waals surface area contributed by atoms with Gasteiger partial charge in [-0.1, -0.05) is 0 Å². The number of rotatable bonds is 6. The van der Waals surface area contributed by atoms with Gasteiger partial charge in [0.1, 0.15) is 5.75 Å². The minimum absolute atomic E-state index is 0.0668. The van der Waals surface area contributed by atoms with Crippen LogP contribution < -0.4 is 10.1 Å². The van der Waals surface area contributed by atoms with E-state index < -0.39 is 0 Å². The predicted octanol–water partition coefficient (Wildman–Crippen LogP) is 2.42. The molecule has 0 aliphatic carbocycles. The van der Waals surface area contributed by atoms with Gasteiger partial charge in [0.25, 0.3) is 0 Å². The van der Waals surface area contributed by atoms with E-state index in [1.165, 1.54) is 0 Å². The van der Waals surface area contributed by atoms with E-state index in [0.29, 0.717) is 0 Å². The first-order chi connectivity index (χ1) is 8.12. The summed E-state index contributed by atoms with van der Waals surface area (Å²) >= 11 is 0. The van der Waals surface area contributed by atoms with Crippen LogP contribution in [0.3, 0.4) is 0 Å². The first-order valence-corrected chi connectivity index (χ1v) is 5.59. The zero-order chi connectivity index (χ0) is 12.8. The monoisotopic (exact) mass is 239 g/mol. The SMILES string of the molecule is COc1ccc(NC(C)C(OC)OC)c(C)c1. The highest BCUT2D eigenvalue weighted by atomic mass is 16.7. The van der Waals surface area contributed by atoms with Crippen molar-refractivity contribution >= 4 is 5.69 Å². The molecule has 96 valence electrons. The van der Waals surface area contributed by atoms with Crippen molar-refractivity contribution in [1.82, 2.24) is 0 Å². The average Bonchev–Trinajstić information content (AvgIpc) is 2.33. The quantitative estimate of drug-likeness (QED) is 0.774. The van der Waals surface area contributed by atoms with Crippen LogP contribution in [0.4, 0.5) is 5.69 Å². The van der Waals surface area contributed by atoms with Crippen LogP contribution in [0.1, 0.15) is 12.5 Å². The molecule has 17 heavy (non-hydrogen) atoms. The van der Waals surface area contributed by atoms with Gasteiger partial charge in [-0.3, -0.25) is 0 Å². The number of ether oxygens (including phenoxy) is 3. The van der Waals surface area contributed by atoms with Gasteiger partial charge in [0.15, 0.2) is 6.29 Å². The van der Waals surface area contributed by atoms with Crippen LogP contribution in [0, 0.1) is 6.92 Å². The van der Waals surface area contributed by atoms with Crippen LogP contribution >= 0.6 is 0 Å². The van der Waals surface area contributed by atoms with Gasteiger partial charge in [-0.15, -0.1) is 0 Å². The zero-order valence-electron chi connectivity index (χ0n) is 11.1. The lowest BCUT2D eigenvalue weighted by Gasteiger charge is -2.24. The Balaban J connectivity index is 2.74. The average molecular weight is 239 g/mol. The van der Waals surface area contributed by atoms with E-state index in [9.17, 15) is 0 Å². The highest BCUT2D eigenvalue weighted by Gasteiger charge is 2.16. The van der Waals surface area contributed by atoms with Gasteiger partial charge in [0.2, 0.25) is 0 Å². The maximum absolute atomic E-state index is 5.21. The normalized spacial score (nSPS) is 12.6. The Kier molecular flexibility index (Phi) is 5.25. The van der Waals surface area contributed by atoms with Crippen LogP contribution in [-0.2, 0) is 9.47 Å². The van der Waals surface area contributed by atoms with Gasteiger partial charge in [-0.25, -0.2) is 0 Å². The molecule has 1 aromatic carbocycles. The predicted molar refractivity (Wildman–Crippen MR) is 68.6 cm³/mol. The molecule has 0 spiro atoms. The Morgan fingerprint density at radius 1 is 1.12 bits per heavy atom. The molecule has 4 heteroatoms. The molecule has 4 nitrogen and oxygen atoms in total. The molecule has 0 aliphatic rings. The Hall–Kier alpha value is -1.26. The third-order valence-corrected chi connectivity index (χ3v) is 2.69. The molecule has 0 saturated heterocycles. The molecule has 0 aliphatic heterocycles. The maximum atomic E-state index is 5.21. The highest BCUT2D eigenvalue weighted by molar-refractivity contribution is 5.54. The Morgan fingerprint density at radius 2 is 1.76 bits per heavy atom. The largest absolute Gasteiger partial charge is 0.497 e. The molecule has 0 radical (unpaired) electrons. The topological polar surface area (TPSA) is 39.7 Å². The first-order valence-electron chi connectivity index (χ1n) is 5.59. The molecule has 1 N–H and O–H groups in total. The summed E-state index contributed by atoms with van der Waals surface area (Å²) in [6, 6.07) is 5.98. The third-order valence-electron chi connectivity index (χ3n) is 2.69. The Labute approximate surface area is 103 Å². The molecule has 1 unspecified atom stereocenters. The van der Waals surface area contributed by atoms with Crippen molar-refractivity contribution in [3.63, 3.8) is 0 Å². The van der Waals surface area contributed by atoms with E-state index in [-0.39, 0.29) is 12.3 Å². The van der Waals surface area contributed by atoms with Gasteiger partial charge in [-0.05, 0) is 37.6 Å². The molecule has 0 heterocycles. The second-order valence-corrected chi connectivity index (χ2v) is 3.95. The summed E-state index contributed by atoms with van der Waals surface area (Å²) in [5, 5.41) is 3.36. The maximum Gasteiger partial charge on any atom is 0.176 e. The molecular weight excluding hydrogens is 218 g/mol. The Bertz CT molecular complexity index is 351. The fraction of sp³-hybridized carbons (Fsp3) is 0.538. The molecule has 0 amide bonds. The minimum Gasteiger partial charge on any atom is -0.497 e. The zero-order valence-corrected chi connectivity index (χ0v) is 11.1. The number of nitrogens with one attached hydrogen (secondary N) is 1. The summed E-state index contributed by atoms with van der Waals surface area (Å²) in [6.45, 7) is 4.05. The van der Waals surface area contributed by atoms with Gasteiger partial charge < -0.3 is 19.5 Å². The van der Waals surface area contributed by atoms with Crippen molar-refractivity contribution in [1.29, 1.82) is 0 Å². The second kappa shape index (κ2) is 6.47. The van der Waals surface area contributed by atoms with Crippen LogP contribution in [0.2, 0.25) is 0 Å². The van der Waals surface area contributed by atoms with Crippen LogP contribution in [0.15, 0.2) is 18.2 Å². The summed E-state index contributed by atoms with van der Waals surface area (Å²) in [5.74, 6) is 0.857. The van der Waals surface area contributed by atoms with Gasteiger partial charge >= 0.3 is 0 Å². The second-order valence-electron chi connectivity index (χ2n) is 3.95. The van der Waals surface area contributed by atoms with E-state index >= 15 is 0 Å². The van der Waals surface area contributed by atoms with E-state index in [1.807, 2.05) is 32.0 Å². The molecule has 0 fully saturated rings. The molecule has 0 saturated carbocycles. The first kappa shape index (κ1) is 13.8. The Morgan fingerprint density at radius 3 is 2.24 bits per heavy atom. The van der Waals surface area contributed by atoms with Crippen molar-refractivity contribution in [3.8, 4) is 5.75 Å².